The van der Waals surface area contributed by atoms with Crippen molar-refractivity contribution in [3.05, 3.63) is 66.2 Å². The summed E-state index contributed by atoms with van der Waals surface area (Å²) < 4.78 is 5.97. The SMILES string of the molecule is O=C1CCc2cc(OCCCN3CCN(c4ccc5ccccc5c4)CC3)ccc2N1. The van der Waals surface area contributed by atoms with Crippen LogP contribution in [0.5, 0.6) is 5.75 Å². The molecular formula is C26H29N3O2. The average molecular weight is 416 g/mol. The van der Waals surface area contributed by atoms with Crippen LogP contribution < -0.4 is 15.0 Å². The lowest BCUT2D eigenvalue weighted by Gasteiger charge is -2.36. The summed E-state index contributed by atoms with van der Waals surface area (Å²) in [7, 11) is 0. The predicted molar refractivity (Wildman–Crippen MR) is 126 cm³/mol. The second-order valence-corrected chi connectivity index (χ2v) is 8.43. The molecular weight excluding hydrogens is 386 g/mol. The van der Waals surface area contributed by atoms with Gasteiger partial charge in [-0.15, -0.1) is 0 Å². The molecule has 3 aromatic rings. The summed E-state index contributed by atoms with van der Waals surface area (Å²) in [6.45, 7) is 6.09. The maximum atomic E-state index is 11.5. The summed E-state index contributed by atoms with van der Waals surface area (Å²) in [6.07, 6.45) is 2.37. The minimum Gasteiger partial charge on any atom is -0.494 e. The number of hydrogen-bond donors (Lipinski definition) is 1. The lowest BCUT2D eigenvalue weighted by molar-refractivity contribution is -0.116. The number of nitrogens with zero attached hydrogens (tertiary/aromatic N) is 2. The number of piperazine rings is 1. The van der Waals surface area contributed by atoms with Crippen LogP contribution >= 0.6 is 0 Å². The molecule has 1 amide bonds. The Kier molecular flexibility index (Phi) is 5.76. The summed E-state index contributed by atoms with van der Waals surface area (Å²) in [5, 5.41) is 5.53. The van der Waals surface area contributed by atoms with E-state index in [4.69, 9.17) is 4.74 Å². The summed E-state index contributed by atoms with van der Waals surface area (Å²) in [5.41, 5.74) is 3.42. The first-order valence-electron chi connectivity index (χ1n) is 11.3. The molecule has 0 spiro atoms. The van der Waals surface area contributed by atoms with E-state index < -0.39 is 0 Å². The van der Waals surface area contributed by atoms with Crippen molar-refractivity contribution < 1.29 is 9.53 Å². The Labute approximate surface area is 183 Å². The fourth-order valence-electron chi connectivity index (χ4n) is 4.53. The summed E-state index contributed by atoms with van der Waals surface area (Å²) >= 11 is 0. The first-order valence-corrected chi connectivity index (χ1v) is 11.3. The van der Waals surface area contributed by atoms with E-state index in [0.29, 0.717) is 6.42 Å². The van der Waals surface area contributed by atoms with Gasteiger partial charge in [-0.25, -0.2) is 0 Å². The average Bonchev–Trinajstić information content (AvgIpc) is 2.82. The van der Waals surface area contributed by atoms with Crippen LogP contribution in [0.15, 0.2) is 60.7 Å². The molecule has 1 N–H and O–H groups in total. The molecule has 2 aliphatic heterocycles. The van der Waals surface area contributed by atoms with Gasteiger partial charge in [-0.05, 0) is 59.5 Å². The van der Waals surface area contributed by atoms with Crippen molar-refractivity contribution in [2.24, 2.45) is 0 Å². The molecule has 0 saturated carbocycles. The van der Waals surface area contributed by atoms with Gasteiger partial charge in [0.15, 0.2) is 0 Å². The summed E-state index contributed by atoms with van der Waals surface area (Å²) in [5.74, 6) is 0.998. The van der Waals surface area contributed by atoms with Gasteiger partial charge in [0.1, 0.15) is 5.75 Å². The van der Waals surface area contributed by atoms with E-state index in [2.05, 4.69) is 63.6 Å². The van der Waals surface area contributed by atoms with Gasteiger partial charge in [-0.3, -0.25) is 9.69 Å². The molecule has 0 unspecified atom stereocenters. The molecule has 1 fully saturated rings. The van der Waals surface area contributed by atoms with Gasteiger partial charge in [0.05, 0.1) is 6.61 Å². The maximum Gasteiger partial charge on any atom is 0.224 e. The second-order valence-electron chi connectivity index (χ2n) is 8.43. The highest BCUT2D eigenvalue weighted by atomic mass is 16.5. The molecule has 2 aliphatic rings. The van der Waals surface area contributed by atoms with Crippen LogP contribution in [0.3, 0.4) is 0 Å². The quantitative estimate of drug-likeness (QED) is 0.609. The van der Waals surface area contributed by atoms with Crippen molar-refractivity contribution in [3.63, 3.8) is 0 Å². The molecule has 160 valence electrons. The number of aryl methyl sites for hydroxylation is 1. The number of carbonyl (C=O) groups is 1. The van der Waals surface area contributed by atoms with Crippen molar-refractivity contribution in [1.29, 1.82) is 0 Å². The highest BCUT2D eigenvalue weighted by molar-refractivity contribution is 5.94. The fourth-order valence-corrected chi connectivity index (χ4v) is 4.53. The number of nitrogens with one attached hydrogen (secondary N) is 1. The Balaban J connectivity index is 1.06. The summed E-state index contributed by atoms with van der Waals surface area (Å²) in [6, 6.07) is 21.3. The molecule has 5 rings (SSSR count). The largest absolute Gasteiger partial charge is 0.494 e. The van der Waals surface area contributed by atoms with Crippen molar-refractivity contribution in [1.82, 2.24) is 4.90 Å². The Hall–Kier alpha value is -3.05. The first-order chi connectivity index (χ1) is 15.2. The number of benzene rings is 3. The molecule has 0 radical (unpaired) electrons. The number of hydrogen-bond acceptors (Lipinski definition) is 4. The van der Waals surface area contributed by atoms with Gasteiger partial charge < -0.3 is 15.0 Å². The monoisotopic (exact) mass is 415 g/mol. The van der Waals surface area contributed by atoms with E-state index in [0.717, 1.165) is 63.6 Å². The third kappa shape index (κ3) is 4.67. The fraction of sp³-hybridized carbons (Fsp3) is 0.346. The second kappa shape index (κ2) is 8.98. The van der Waals surface area contributed by atoms with E-state index in [1.54, 1.807) is 0 Å². The van der Waals surface area contributed by atoms with Gasteiger partial charge in [0.25, 0.3) is 0 Å². The number of rotatable bonds is 6. The zero-order valence-electron chi connectivity index (χ0n) is 17.8. The molecule has 2 heterocycles. The molecule has 5 heteroatoms. The Morgan fingerprint density at radius 1 is 0.871 bits per heavy atom. The van der Waals surface area contributed by atoms with Crippen LogP contribution in [0.1, 0.15) is 18.4 Å². The zero-order valence-corrected chi connectivity index (χ0v) is 17.8. The third-order valence-electron chi connectivity index (χ3n) is 6.33. The van der Waals surface area contributed by atoms with Gasteiger partial charge in [-0.1, -0.05) is 30.3 Å². The normalized spacial score (nSPS) is 16.8. The molecule has 31 heavy (non-hydrogen) atoms. The molecule has 3 aromatic carbocycles. The molecule has 0 aliphatic carbocycles. The van der Waals surface area contributed by atoms with Crippen LogP contribution in [0.25, 0.3) is 10.8 Å². The van der Waals surface area contributed by atoms with Crippen molar-refractivity contribution in [2.45, 2.75) is 19.3 Å². The molecule has 0 atom stereocenters. The molecule has 0 bridgehead atoms. The lowest BCUT2D eigenvalue weighted by Crippen LogP contribution is -2.46. The summed E-state index contributed by atoms with van der Waals surface area (Å²) in [4.78, 5) is 16.5. The Morgan fingerprint density at radius 2 is 1.71 bits per heavy atom. The van der Waals surface area contributed by atoms with Gasteiger partial charge in [-0.2, -0.15) is 0 Å². The van der Waals surface area contributed by atoms with Gasteiger partial charge in [0.2, 0.25) is 5.91 Å². The third-order valence-corrected chi connectivity index (χ3v) is 6.33. The van der Waals surface area contributed by atoms with Crippen LogP contribution in [-0.4, -0.2) is 50.1 Å². The predicted octanol–water partition coefficient (Wildman–Crippen LogP) is 4.32. The van der Waals surface area contributed by atoms with Crippen LogP contribution in [-0.2, 0) is 11.2 Å². The topological polar surface area (TPSA) is 44.8 Å². The van der Waals surface area contributed by atoms with Crippen molar-refractivity contribution in [3.8, 4) is 5.75 Å². The highest BCUT2D eigenvalue weighted by Crippen LogP contribution is 2.27. The molecule has 5 nitrogen and oxygen atoms in total. The Bertz CT molecular complexity index is 1070. The van der Waals surface area contributed by atoms with Crippen LogP contribution in [0.2, 0.25) is 0 Å². The van der Waals surface area contributed by atoms with E-state index in [1.165, 1.54) is 22.0 Å². The smallest absolute Gasteiger partial charge is 0.224 e. The molecule has 1 saturated heterocycles. The van der Waals surface area contributed by atoms with Gasteiger partial charge >= 0.3 is 0 Å². The minimum absolute atomic E-state index is 0.0990. The number of anilines is 2. The number of carbonyl (C=O) groups excluding carboxylic acids is 1. The minimum atomic E-state index is 0.0990. The number of ether oxygens (including phenoxy) is 1. The van der Waals surface area contributed by atoms with E-state index in [9.17, 15) is 4.79 Å². The van der Waals surface area contributed by atoms with Crippen LogP contribution in [0, 0.1) is 0 Å². The molecule has 0 aromatic heterocycles. The Morgan fingerprint density at radius 3 is 2.58 bits per heavy atom. The highest BCUT2D eigenvalue weighted by Gasteiger charge is 2.18. The number of fused-ring (bicyclic) bond motifs is 2. The zero-order chi connectivity index (χ0) is 21.0. The van der Waals surface area contributed by atoms with Crippen molar-refractivity contribution >= 4 is 28.1 Å². The first kappa shape index (κ1) is 19.9. The van der Waals surface area contributed by atoms with Gasteiger partial charge in [0, 0.05) is 50.5 Å². The lowest BCUT2D eigenvalue weighted by atomic mass is 10.0. The maximum absolute atomic E-state index is 11.5. The van der Waals surface area contributed by atoms with Crippen LogP contribution in [0.4, 0.5) is 11.4 Å². The van der Waals surface area contributed by atoms with Crippen molar-refractivity contribution in [2.75, 3.05) is 49.5 Å². The standard InChI is InChI=1S/C26H29N3O2/c30-26-11-7-22-19-24(9-10-25(22)27-26)31-17-3-12-28-13-15-29(16-14-28)23-8-6-20-4-1-2-5-21(20)18-23/h1-2,4-6,8-10,18-19H,3,7,11-17H2,(H,27,30). The number of amides is 1. The van der Waals surface area contributed by atoms with E-state index in [-0.39, 0.29) is 5.91 Å². The van der Waals surface area contributed by atoms with E-state index >= 15 is 0 Å². The van der Waals surface area contributed by atoms with E-state index in [1.807, 2.05) is 12.1 Å².